The molecule has 0 amide bonds. The van der Waals surface area contributed by atoms with E-state index in [4.69, 9.17) is 24.7 Å². The molecule has 0 saturated carbocycles. The normalized spacial score (nSPS) is 31.4. The fourth-order valence-electron chi connectivity index (χ4n) is 3.76. The molecule has 0 bridgehead atoms. The number of aliphatic hydroxyl groups excluding tert-OH is 1. The van der Waals surface area contributed by atoms with Gasteiger partial charge in [-0.05, 0) is 6.07 Å². The summed E-state index contributed by atoms with van der Waals surface area (Å²) < 4.78 is 51.8. The largest absolute Gasteiger partial charge is 0.529 e. The van der Waals surface area contributed by atoms with Gasteiger partial charge in [-0.15, -0.1) is 6.42 Å². The Balaban J connectivity index is 1.65. The molecule has 1 unspecified atom stereocenters. The Hall–Kier alpha value is -2.55. The molecule has 33 heavy (non-hydrogen) atoms. The highest BCUT2D eigenvalue weighted by Gasteiger charge is 2.63. The minimum atomic E-state index is -4.27. The molecule has 2 N–H and O–H groups in total. The number of H-pyrrole nitrogens is 1. The summed E-state index contributed by atoms with van der Waals surface area (Å²) in [7, 11) is -0.516. The van der Waals surface area contributed by atoms with Gasteiger partial charge in [-0.25, -0.2) is 13.8 Å². The summed E-state index contributed by atoms with van der Waals surface area (Å²) in [6.07, 6.45) is 4.04. The molecular weight excluding hydrogens is 455 g/mol. The van der Waals surface area contributed by atoms with Crippen molar-refractivity contribution in [3.8, 4) is 18.1 Å². The summed E-state index contributed by atoms with van der Waals surface area (Å²) >= 11 is 0. The first-order valence-corrected chi connectivity index (χ1v) is 11.4. The van der Waals surface area contributed by atoms with Crippen LogP contribution in [0.4, 0.5) is 4.39 Å². The number of nitrogens with one attached hydrogen (secondary N) is 1. The number of phosphoric ester groups is 1. The van der Waals surface area contributed by atoms with Gasteiger partial charge in [-0.1, -0.05) is 24.1 Å². The number of hydrogen-bond donors (Lipinski definition) is 2. The average Bonchev–Trinajstić information content (AvgIpc) is 2.97. The van der Waals surface area contributed by atoms with Crippen LogP contribution in [0.5, 0.6) is 5.75 Å². The third-order valence-electron chi connectivity index (χ3n) is 5.82. The molecule has 3 heterocycles. The van der Waals surface area contributed by atoms with E-state index >= 15 is 4.39 Å². The lowest BCUT2D eigenvalue weighted by Gasteiger charge is -2.40. The van der Waals surface area contributed by atoms with Gasteiger partial charge in [0.15, 0.2) is 7.85 Å². The maximum absolute atomic E-state index is 16.2. The van der Waals surface area contributed by atoms with Crippen molar-refractivity contribution in [3.63, 3.8) is 0 Å². The lowest BCUT2D eigenvalue weighted by Crippen LogP contribution is -2.56. The second-order valence-corrected chi connectivity index (χ2v) is 9.96. The molecule has 0 spiro atoms. The molecule has 15 heteroatoms. The van der Waals surface area contributed by atoms with E-state index in [-0.39, 0.29) is 17.9 Å². The van der Waals surface area contributed by atoms with Crippen molar-refractivity contribution in [2.24, 2.45) is 0 Å². The Labute approximate surface area is 190 Å². The Kier molecular flexibility index (Phi) is 5.55. The number of para-hydroxylation sites is 1. The Bertz CT molecular complexity index is 1330. The Morgan fingerprint density at radius 3 is 2.79 bits per heavy atom. The van der Waals surface area contributed by atoms with E-state index in [1.807, 2.05) is 4.98 Å². The molecule has 2 aromatic rings. The number of hydrogen-bond acceptors (Lipinski definition) is 8. The lowest BCUT2D eigenvalue weighted by molar-refractivity contribution is -0.219. The van der Waals surface area contributed by atoms with Crippen molar-refractivity contribution in [1.29, 1.82) is 0 Å². The molecule has 1 saturated heterocycles. The van der Waals surface area contributed by atoms with Crippen molar-refractivity contribution in [2.75, 3.05) is 0 Å². The van der Waals surface area contributed by atoms with Gasteiger partial charge in [0.1, 0.15) is 32.6 Å². The molecule has 0 radical (unpaired) electrons. The van der Waals surface area contributed by atoms with E-state index in [2.05, 4.69) is 5.92 Å². The molecule has 4 atom stereocenters. The number of ether oxygens (including phenoxy) is 1. The van der Waals surface area contributed by atoms with Crippen molar-refractivity contribution in [3.05, 3.63) is 62.4 Å². The van der Waals surface area contributed by atoms with Crippen molar-refractivity contribution >= 4 is 31.4 Å². The maximum atomic E-state index is 16.2. The SMILES string of the molecule is BC(B)(OP1(=O)OCc2ccccc2O1)[C@]1(F)C[C@@H](O)[C@](B)(n2cc(C#C)c(=O)[nH]c2=O)O1. The highest BCUT2D eigenvalue weighted by molar-refractivity contribution is 7.49. The highest BCUT2D eigenvalue weighted by atomic mass is 31.2. The summed E-state index contributed by atoms with van der Waals surface area (Å²) in [5, 5.41) is 8.72. The maximum Gasteiger partial charge on any atom is 0.529 e. The third kappa shape index (κ3) is 3.90. The van der Waals surface area contributed by atoms with Crippen LogP contribution < -0.4 is 15.8 Å². The first-order chi connectivity index (χ1) is 15.3. The zero-order valence-electron chi connectivity index (χ0n) is 18.0. The van der Waals surface area contributed by atoms with Crippen LogP contribution in [0.15, 0.2) is 40.1 Å². The minimum absolute atomic E-state index is 0.0777. The molecule has 170 valence electrons. The zero-order chi connectivity index (χ0) is 24.2. The van der Waals surface area contributed by atoms with Crippen LogP contribution >= 0.6 is 7.82 Å². The molecule has 1 aromatic heterocycles. The standard InChI is InChI=1S/C18H19B3FN2O8P/c1-2-10-8-24(15(27)23-14(10)26)17(19)13(25)7-16(22,31-17)18(20,21)32-33(28)29-9-11-5-3-4-6-12(11)30-33/h1,3-6,8,13,25H,7,9,19-21H2,(H,23,26,27)/t13-,16+,17+,33?/m1/s1. The van der Waals surface area contributed by atoms with Gasteiger partial charge in [0.2, 0.25) is 5.85 Å². The fourth-order valence-corrected chi connectivity index (χ4v) is 5.31. The number of alkyl halides is 1. The number of benzene rings is 1. The highest BCUT2D eigenvalue weighted by Crippen LogP contribution is 2.59. The number of terminal acetylenes is 1. The lowest BCUT2D eigenvalue weighted by atomic mass is 9.60. The summed E-state index contributed by atoms with van der Waals surface area (Å²) in [4.78, 5) is 26.2. The van der Waals surface area contributed by atoms with Crippen LogP contribution in [0.25, 0.3) is 0 Å². The molecule has 0 aliphatic carbocycles. The number of phosphoric acid groups is 1. The van der Waals surface area contributed by atoms with Gasteiger partial charge in [-0.3, -0.25) is 23.4 Å². The van der Waals surface area contributed by atoms with Crippen molar-refractivity contribution in [1.82, 2.24) is 9.55 Å². The summed E-state index contributed by atoms with van der Waals surface area (Å²) in [6, 6.07) is 6.71. The quantitative estimate of drug-likeness (QED) is 0.292. The van der Waals surface area contributed by atoms with Crippen molar-refractivity contribution < 1.29 is 32.4 Å². The topological polar surface area (TPSA) is 129 Å². The zero-order valence-corrected chi connectivity index (χ0v) is 18.9. The van der Waals surface area contributed by atoms with E-state index in [0.29, 0.717) is 5.56 Å². The van der Waals surface area contributed by atoms with Crippen molar-refractivity contribution in [2.45, 2.75) is 36.0 Å². The van der Waals surface area contributed by atoms with Crippen LogP contribution in [0.1, 0.15) is 17.5 Å². The Morgan fingerprint density at radius 2 is 2.09 bits per heavy atom. The van der Waals surface area contributed by atoms with E-state index < -0.39 is 48.5 Å². The summed E-state index contributed by atoms with van der Waals surface area (Å²) in [6.45, 7) is -0.0777. The number of aromatic amines is 1. The molecule has 10 nitrogen and oxygen atoms in total. The number of aromatic nitrogens is 2. The van der Waals surface area contributed by atoms with Crippen LogP contribution in [0, 0.1) is 12.3 Å². The number of halogens is 1. The molecule has 1 fully saturated rings. The van der Waals surface area contributed by atoms with E-state index in [9.17, 15) is 19.3 Å². The molecular formula is C18H19B3FN2O8P. The number of rotatable bonds is 4. The predicted octanol–water partition coefficient (Wildman–Crippen LogP) is -2.14. The van der Waals surface area contributed by atoms with Crippen LogP contribution in [-0.4, -0.2) is 55.6 Å². The number of nitrogens with zero attached hydrogens (tertiary/aromatic N) is 1. The van der Waals surface area contributed by atoms with Gasteiger partial charge in [-0.2, -0.15) is 0 Å². The predicted molar refractivity (Wildman–Crippen MR) is 122 cm³/mol. The van der Waals surface area contributed by atoms with Crippen LogP contribution in [-0.2, 0) is 30.6 Å². The first kappa shape index (κ1) is 23.6. The molecule has 2 aliphatic rings. The molecule has 1 aromatic carbocycles. The summed E-state index contributed by atoms with van der Waals surface area (Å²) in [5.41, 5.74) is -3.33. The van der Waals surface area contributed by atoms with Gasteiger partial charge in [0.05, 0.1) is 18.1 Å². The van der Waals surface area contributed by atoms with Crippen LogP contribution in [0.3, 0.4) is 0 Å². The molecule has 4 rings (SSSR count). The van der Waals surface area contributed by atoms with E-state index in [0.717, 1.165) is 10.8 Å². The van der Waals surface area contributed by atoms with Gasteiger partial charge >= 0.3 is 13.5 Å². The number of aliphatic hydroxyl groups is 1. The second kappa shape index (κ2) is 7.76. The summed E-state index contributed by atoms with van der Waals surface area (Å²) in [5.74, 6) is -0.375. The van der Waals surface area contributed by atoms with Gasteiger partial charge in [0, 0.05) is 18.2 Å². The minimum Gasteiger partial charge on any atom is -0.404 e. The van der Waals surface area contributed by atoms with Gasteiger partial charge < -0.3 is 14.4 Å². The Morgan fingerprint density at radius 1 is 1.39 bits per heavy atom. The third-order valence-corrected chi connectivity index (χ3v) is 7.36. The fraction of sp³-hybridized carbons (Fsp3) is 0.333. The molecule has 2 aliphatic heterocycles. The number of fused-ring (bicyclic) bond motifs is 1. The van der Waals surface area contributed by atoms with Crippen LogP contribution in [0.2, 0.25) is 0 Å². The van der Waals surface area contributed by atoms with Gasteiger partial charge in [0.25, 0.3) is 5.56 Å². The second-order valence-electron chi connectivity index (χ2n) is 8.44. The monoisotopic (exact) mass is 474 g/mol. The van der Waals surface area contributed by atoms with E-state index in [1.165, 1.54) is 23.5 Å². The average molecular weight is 474 g/mol. The smallest absolute Gasteiger partial charge is 0.404 e. The first-order valence-electron chi connectivity index (χ1n) is 9.96. The van der Waals surface area contributed by atoms with E-state index in [1.54, 1.807) is 24.3 Å².